The molecule has 0 saturated carbocycles. The van der Waals surface area contributed by atoms with Crippen molar-refractivity contribution in [2.45, 2.75) is 31.8 Å². The van der Waals surface area contributed by atoms with Crippen LogP contribution in [0.3, 0.4) is 0 Å². The summed E-state index contributed by atoms with van der Waals surface area (Å²) < 4.78 is 63.0. The van der Waals surface area contributed by atoms with Gasteiger partial charge < -0.3 is 15.2 Å². The first-order chi connectivity index (χ1) is 12.6. The molecule has 0 atom stereocenters. The van der Waals surface area contributed by atoms with Crippen molar-refractivity contribution in [2.24, 2.45) is 18.0 Å². The summed E-state index contributed by atoms with van der Waals surface area (Å²) in [5.41, 5.74) is -5.25. The number of guanidine groups is 1. The molecule has 27 heavy (non-hydrogen) atoms. The van der Waals surface area contributed by atoms with E-state index in [0.29, 0.717) is 48.6 Å². The Balaban J connectivity index is 1.86. The van der Waals surface area contributed by atoms with E-state index >= 15 is 0 Å². The maximum atomic E-state index is 12.6. The number of sulfonamides is 1. The van der Waals surface area contributed by atoms with Crippen LogP contribution in [0.25, 0.3) is 0 Å². The van der Waals surface area contributed by atoms with E-state index in [-0.39, 0.29) is 19.0 Å². The quantitative estimate of drug-likeness (QED) is 0.520. The number of aryl methyl sites for hydroxylation is 1. The predicted octanol–water partition coefficient (Wildman–Crippen LogP) is 0.432. The highest BCUT2D eigenvalue weighted by atomic mass is 32.2. The number of hydrogen-bond donors (Lipinski definition) is 2. The third-order valence-electron chi connectivity index (χ3n) is 4.29. The van der Waals surface area contributed by atoms with E-state index in [2.05, 4.69) is 25.8 Å². The van der Waals surface area contributed by atoms with Gasteiger partial charge in [0, 0.05) is 33.2 Å². The molecule has 154 valence electrons. The molecule has 0 amide bonds. The van der Waals surface area contributed by atoms with Gasteiger partial charge in [-0.25, -0.2) is 13.4 Å². The van der Waals surface area contributed by atoms with Crippen LogP contribution in [0.2, 0.25) is 0 Å². The Labute approximate surface area is 156 Å². The number of rotatable bonds is 6. The van der Waals surface area contributed by atoms with Gasteiger partial charge in [-0.05, 0) is 25.7 Å². The third-order valence-corrected chi connectivity index (χ3v) is 5.92. The molecule has 2 heterocycles. The Hall–Kier alpha value is -1.89. The molecule has 2 rings (SSSR count). The number of aromatic nitrogens is 3. The van der Waals surface area contributed by atoms with Gasteiger partial charge in [0.15, 0.2) is 11.8 Å². The topological polar surface area (TPSA) is 105 Å². The van der Waals surface area contributed by atoms with Crippen molar-refractivity contribution in [1.82, 2.24) is 29.7 Å². The van der Waals surface area contributed by atoms with E-state index in [1.54, 1.807) is 10.9 Å². The summed E-state index contributed by atoms with van der Waals surface area (Å²) in [5, 5.41) is 14.0. The molecule has 1 saturated heterocycles. The number of nitrogens with one attached hydrogen (secondary N) is 2. The highest BCUT2D eigenvalue weighted by Crippen LogP contribution is 2.30. The Bertz CT molecular complexity index is 740. The number of hydrogen-bond acceptors (Lipinski definition) is 5. The summed E-state index contributed by atoms with van der Waals surface area (Å²) in [7, 11) is -3.43. The van der Waals surface area contributed by atoms with Crippen molar-refractivity contribution in [2.75, 3.05) is 26.2 Å². The first-order valence-electron chi connectivity index (χ1n) is 8.56. The summed E-state index contributed by atoms with van der Waals surface area (Å²) in [4.78, 5) is 4.40. The average Bonchev–Trinajstić information content (AvgIpc) is 3.02. The normalized spacial score (nSPS) is 17.9. The molecule has 0 radical (unpaired) electrons. The van der Waals surface area contributed by atoms with E-state index in [0.717, 1.165) is 0 Å². The first kappa shape index (κ1) is 21.4. The summed E-state index contributed by atoms with van der Waals surface area (Å²) in [6.45, 7) is 3.10. The lowest BCUT2D eigenvalue weighted by molar-refractivity contribution is -0.0496. The number of halogens is 3. The lowest BCUT2D eigenvalue weighted by Gasteiger charge is -2.31. The van der Waals surface area contributed by atoms with Gasteiger partial charge in [-0.3, -0.25) is 0 Å². The fourth-order valence-corrected chi connectivity index (χ4v) is 3.67. The molecule has 1 aliphatic rings. The Morgan fingerprint density at radius 3 is 2.52 bits per heavy atom. The average molecular weight is 411 g/mol. The zero-order valence-electron chi connectivity index (χ0n) is 15.2. The van der Waals surface area contributed by atoms with Crippen LogP contribution in [0.1, 0.15) is 25.6 Å². The molecule has 0 aromatic carbocycles. The van der Waals surface area contributed by atoms with Crippen LogP contribution in [0.15, 0.2) is 11.3 Å². The van der Waals surface area contributed by atoms with Gasteiger partial charge in [-0.15, -0.1) is 10.2 Å². The van der Waals surface area contributed by atoms with Crippen LogP contribution in [0.4, 0.5) is 13.2 Å². The van der Waals surface area contributed by atoms with Crippen molar-refractivity contribution < 1.29 is 21.6 Å². The van der Waals surface area contributed by atoms with Gasteiger partial charge in [0.25, 0.3) is 0 Å². The minimum Gasteiger partial charge on any atom is -0.357 e. The molecule has 2 N–H and O–H groups in total. The molecule has 9 nitrogen and oxygen atoms in total. The van der Waals surface area contributed by atoms with Crippen molar-refractivity contribution in [1.29, 1.82) is 0 Å². The second kappa shape index (κ2) is 8.87. The Morgan fingerprint density at radius 2 is 2.00 bits per heavy atom. The smallest absolute Gasteiger partial charge is 0.357 e. The monoisotopic (exact) mass is 411 g/mol. The van der Waals surface area contributed by atoms with Crippen LogP contribution in [-0.2, 0) is 23.6 Å². The van der Waals surface area contributed by atoms with Gasteiger partial charge in [-0.1, -0.05) is 0 Å². The second-order valence-electron chi connectivity index (χ2n) is 6.23. The van der Waals surface area contributed by atoms with Crippen molar-refractivity contribution in [3.63, 3.8) is 0 Å². The van der Waals surface area contributed by atoms with E-state index in [1.807, 2.05) is 14.0 Å². The van der Waals surface area contributed by atoms with Crippen LogP contribution < -0.4 is 10.6 Å². The summed E-state index contributed by atoms with van der Waals surface area (Å²) in [6, 6.07) is 0. The van der Waals surface area contributed by atoms with Gasteiger partial charge in [0.05, 0.1) is 0 Å². The first-order valence-corrected chi connectivity index (χ1v) is 10.0. The largest absolute Gasteiger partial charge is 0.511 e. The number of alkyl halides is 3. The second-order valence-corrected chi connectivity index (χ2v) is 8.16. The number of piperidine rings is 1. The van der Waals surface area contributed by atoms with Gasteiger partial charge in [0.1, 0.15) is 12.9 Å². The molecule has 1 aliphatic heterocycles. The summed E-state index contributed by atoms with van der Waals surface area (Å²) in [5.74, 6) is 1.31. The molecule has 0 spiro atoms. The third kappa shape index (κ3) is 5.54. The van der Waals surface area contributed by atoms with Crippen LogP contribution >= 0.6 is 0 Å². The van der Waals surface area contributed by atoms with Gasteiger partial charge in [-0.2, -0.15) is 17.5 Å². The lowest BCUT2D eigenvalue weighted by Crippen LogP contribution is -2.47. The van der Waals surface area contributed by atoms with Gasteiger partial charge >= 0.3 is 15.5 Å². The van der Waals surface area contributed by atoms with E-state index in [1.165, 1.54) is 0 Å². The number of aliphatic imine (C=N–C) groups is 1. The molecular formula is C14H24F3N7O2S. The maximum absolute atomic E-state index is 12.6. The Morgan fingerprint density at radius 1 is 1.33 bits per heavy atom. The highest BCUT2D eigenvalue weighted by molar-refractivity contribution is 7.90. The standard InChI is InChI=1S/C14H24F3N7O2S/c1-3-18-13(20-9-12-22-21-10-23(12)2)19-8-11-4-6-24(7-5-11)27(25,26)14(15,16)17/h10-11H,3-9H2,1-2H3,(H2,18,19,20). The van der Waals surface area contributed by atoms with E-state index in [9.17, 15) is 21.6 Å². The van der Waals surface area contributed by atoms with Crippen LogP contribution in [0.5, 0.6) is 0 Å². The number of nitrogens with zero attached hydrogens (tertiary/aromatic N) is 5. The fourth-order valence-electron chi connectivity index (χ4n) is 2.68. The summed E-state index contributed by atoms with van der Waals surface area (Å²) >= 11 is 0. The molecule has 13 heteroatoms. The molecule has 1 aromatic heterocycles. The van der Waals surface area contributed by atoms with E-state index in [4.69, 9.17) is 0 Å². The van der Waals surface area contributed by atoms with Crippen LogP contribution in [0, 0.1) is 5.92 Å². The molecule has 1 aromatic rings. The van der Waals surface area contributed by atoms with Gasteiger partial charge in [0.2, 0.25) is 0 Å². The Kier molecular flexibility index (Phi) is 7.03. The highest BCUT2D eigenvalue weighted by Gasteiger charge is 2.50. The molecule has 1 fully saturated rings. The SMILES string of the molecule is CCNC(=NCc1nncn1C)NCC1CCN(S(=O)(=O)C(F)(F)F)CC1. The zero-order valence-corrected chi connectivity index (χ0v) is 16.0. The maximum Gasteiger partial charge on any atom is 0.511 e. The summed E-state index contributed by atoms with van der Waals surface area (Å²) in [6.07, 6.45) is 2.28. The zero-order chi connectivity index (χ0) is 20.1. The molecular weight excluding hydrogens is 387 g/mol. The predicted molar refractivity (Wildman–Crippen MR) is 93.1 cm³/mol. The van der Waals surface area contributed by atoms with Crippen molar-refractivity contribution in [3.05, 3.63) is 12.2 Å². The molecule has 0 unspecified atom stereocenters. The molecule has 0 bridgehead atoms. The minimum absolute atomic E-state index is 0.0587. The lowest BCUT2D eigenvalue weighted by atomic mass is 9.98. The fraction of sp³-hybridized carbons (Fsp3) is 0.786. The van der Waals surface area contributed by atoms with E-state index < -0.39 is 15.5 Å². The van der Waals surface area contributed by atoms with Crippen molar-refractivity contribution >= 4 is 16.0 Å². The van der Waals surface area contributed by atoms with Crippen LogP contribution in [-0.4, -0.2) is 65.1 Å². The molecule has 0 aliphatic carbocycles. The minimum atomic E-state index is -5.25. The van der Waals surface area contributed by atoms with Crippen molar-refractivity contribution in [3.8, 4) is 0 Å².